The molecule has 5 nitrogen and oxygen atoms in total. The fourth-order valence-corrected chi connectivity index (χ4v) is 1.85. The van der Waals surface area contributed by atoms with Crippen molar-refractivity contribution in [3.05, 3.63) is 47.2 Å². The van der Waals surface area contributed by atoms with E-state index >= 15 is 0 Å². The number of carbonyl (C=O) groups is 1. The Morgan fingerprint density at radius 2 is 2.14 bits per heavy atom. The lowest BCUT2D eigenvalue weighted by atomic mass is 10.1. The van der Waals surface area contributed by atoms with Crippen LogP contribution in [0.15, 0.2) is 24.3 Å². The summed E-state index contributed by atoms with van der Waals surface area (Å²) in [6, 6.07) is 5.64. The predicted octanol–water partition coefficient (Wildman–Crippen LogP) is 2.90. The molecule has 0 aliphatic heterocycles. The van der Waals surface area contributed by atoms with Crippen molar-refractivity contribution in [3.63, 3.8) is 0 Å². The number of anilines is 2. The third-order valence-corrected chi connectivity index (χ3v) is 2.94. The van der Waals surface area contributed by atoms with Gasteiger partial charge in [0.2, 0.25) is 5.95 Å². The molecule has 0 bridgehead atoms. The van der Waals surface area contributed by atoms with Crippen LogP contribution in [0.5, 0.6) is 5.75 Å². The van der Waals surface area contributed by atoms with Crippen LogP contribution < -0.4 is 15.8 Å². The molecule has 2 rings (SSSR count). The van der Waals surface area contributed by atoms with Gasteiger partial charge in [0.15, 0.2) is 11.6 Å². The molecule has 0 saturated carbocycles. The van der Waals surface area contributed by atoms with Crippen molar-refractivity contribution in [2.75, 3.05) is 17.7 Å². The molecule has 0 radical (unpaired) electrons. The highest BCUT2D eigenvalue weighted by atomic mass is 19.1. The molecule has 1 aromatic carbocycles. The van der Waals surface area contributed by atoms with Crippen LogP contribution in [-0.4, -0.2) is 17.5 Å². The van der Waals surface area contributed by atoms with Gasteiger partial charge in [0.1, 0.15) is 5.82 Å². The number of amides is 1. The van der Waals surface area contributed by atoms with Gasteiger partial charge >= 0.3 is 0 Å². The van der Waals surface area contributed by atoms with Crippen LogP contribution in [-0.2, 0) is 0 Å². The molecule has 0 aliphatic rings. The van der Waals surface area contributed by atoms with Gasteiger partial charge in [-0.2, -0.15) is 4.39 Å². The highest BCUT2D eigenvalue weighted by Crippen LogP contribution is 2.25. The number of pyridine rings is 1. The Morgan fingerprint density at radius 3 is 2.82 bits per heavy atom. The minimum atomic E-state index is -0.751. The summed E-state index contributed by atoms with van der Waals surface area (Å²) >= 11 is 0. The van der Waals surface area contributed by atoms with Crippen molar-refractivity contribution < 1.29 is 18.3 Å². The van der Waals surface area contributed by atoms with E-state index in [2.05, 4.69) is 10.3 Å². The van der Waals surface area contributed by atoms with Crippen LogP contribution in [0, 0.1) is 18.7 Å². The van der Waals surface area contributed by atoms with Gasteiger partial charge in [0, 0.05) is 5.56 Å². The zero-order valence-corrected chi connectivity index (χ0v) is 12.1. The largest absolute Gasteiger partial charge is 0.491 e. The summed E-state index contributed by atoms with van der Waals surface area (Å²) in [5.74, 6) is -2.36. The van der Waals surface area contributed by atoms with E-state index in [9.17, 15) is 13.6 Å². The van der Waals surface area contributed by atoms with Gasteiger partial charge in [-0.05, 0) is 32.0 Å². The molecule has 0 atom stereocenters. The van der Waals surface area contributed by atoms with E-state index in [1.165, 1.54) is 25.1 Å². The smallest absolute Gasteiger partial charge is 0.259 e. The summed E-state index contributed by atoms with van der Waals surface area (Å²) in [5, 5.41) is 2.38. The lowest BCUT2D eigenvalue weighted by molar-refractivity contribution is 0.102. The Kier molecular flexibility index (Phi) is 4.55. The maximum Gasteiger partial charge on any atom is 0.259 e. The fourth-order valence-electron chi connectivity index (χ4n) is 1.85. The number of nitrogens with one attached hydrogen (secondary N) is 1. The first-order valence-electron chi connectivity index (χ1n) is 6.59. The number of carbonyl (C=O) groups excluding carboxylic acids is 1. The Hall–Kier alpha value is -2.70. The summed E-state index contributed by atoms with van der Waals surface area (Å²) in [6.07, 6.45) is 0. The molecule has 0 aliphatic carbocycles. The number of nitrogen functional groups attached to an aromatic ring is 1. The van der Waals surface area contributed by atoms with Crippen molar-refractivity contribution >= 4 is 17.4 Å². The Morgan fingerprint density at radius 1 is 1.41 bits per heavy atom. The van der Waals surface area contributed by atoms with E-state index in [-0.39, 0.29) is 28.4 Å². The van der Waals surface area contributed by atoms with Gasteiger partial charge in [-0.25, -0.2) is 9.37 Å². The summed E-state index contributed by atoms with van der Waals surface area (Å²) in [5.41, 5.74) is 5.61. The minimum absolute atomic E-state index is 0.0277. The number of halogens is 2. The first-order chi connectivity index (χ1) is 10.4. The van der Waals surface area contributed by atoms with Gasteiger partial charge in [0.05, 0.1) is 17.9 Å². The first kappa shape index (κ1) is 15.7. The van der Waals surface area contributed by atoms with Crippen molar-refractivity contribution in [1.82, 2.24) is 4.98 Å². The van der Waals surface area contributed by atoms with Gasteiger partial charge in [-0.3, -0.25) is 4.79 Å². The zero-order chi connectivity index (χ0) is 16.3. The molecule has 0 fully saturated rings. The zero-order valence-electron chi connectivity index (χ0n) is 12.1. The van der Waals surface area contributed by atoms with E-state index in [0.717, 1.165) is 0 Å². The number of rotatable bonds is 4. The summed E-state index contributed by atoms with van der Waals surface area (Å²) in [4.78, 5) is 15.6. The maximum atomic E-state index is 14.1. The highest BCUT2D eigenvalue weighted by Gasteiger charge is 2.17. The maximum absolute atomic E-state index is 14.1. The third-order valence-electron chi connectivity index (χ3n) is 2.94. The molecule has 116 valence electrons. The quantitative estimate of drug-likeness (QED) is 0.851. The second-order valence-electron chi connectivity index (χ2n) is 4.53. The van der Waals surface area contributed by atoms with Crippen LogP contribution in [0.1, 0.15) is 22.8 Å². The highest BCUT2D eigenvalue weighted by molar-refractivity contribution is 6.07. The van der Waals surface area contributed by atoms with Gasteiger partial charge in [-0.1, -0.05) is 6.07 Å². The second kappa shape index (κ2) is 6.38. The molecule has 2 aromatic rings. The molecule has 0 saturated heterocycles. The summed E-state index contributed by atoms with van der Waals surface area (Å²) in [7, 11) is 0. The molecule has 3 N–H and O–H groups in total. The molecule has 1 amide bonds. The summed E-state index contributed by atoms with van der Waals surface area (Å²) < 4.78 is 32.5. The van der Waals surface area contributed by atoms with Gasteiger partial charge in [0.25, 0.3) is 5.91 Å². The average molecular weight is 307 g/mol. The number of nitrogens with zero attached hydrogens (tertiary/aromatic N) is 1. The number of hydrogen-bond donors (Lipinski definition) is 2. The number of nitrogens with two attached hydrogens (primary N) is 1. The third kappa shape index (κ3) is 3.13. The lowest BCUT2D eigenvalue weighted by Gasteiger charge is -2.11. The SMILES string of the molecule is CCOc1cccc(NC(=O)c2cc(C)c(F)nc2N)c1F. The van der Waals surface area contributed by atoms with Crippen LogP contribution in [0.4, 0.5) is 20.3 Å². The molecular weight excluding hydrogens is 292 g/mol. The first-order valence-corrected chi connectivity index (χ1v) is 6.59. The fraction of sp³-hybridized carbons (Fsp3) is 0.200. The number of ether oxygens (including phenoxy) is 1. The van der Waals surface area contributed by atoms with Crippen LogP contribution >= 0.6 is 0 Å². The minimum Gasteiger partial charge on any atom is -0.491 e. The van der Waals surface area contributed by atoms with E-state index in [4.69, 9.17) is 10.5 Å². The van der Waals surface area contributed by atoms with E-state index in [1.807, 2.05) is 0 Å². The van der Waals surface area contributed by atoms with Crippen molar-refractivity contribution in [2.45, 2.75) is 13.8 Å². The lowest BCUT2D eigenvalue weighted by Crippen LogP contribution is -2.17. The monoisotopic (exact) mass is 307 g/mol. The normalized spacial score (nSPS) is 10.4. The predicted molar refractivity (Wildman–Crippen MR) is 78.9 cm³/mol. The average Bonchev–Trinajstić information content (AvgIpc) is 2.47. The topological polar surface area (TPSA) is 77.2 Å². The molecule has 22 heavy (non-hydrogen) atoms. The van der Waals surface area contributed by atoms with Gasteiger partial charge in [-0.15, -0.1) is 0 Å². The molecule has 1 heterocycles. The molecule has 1 aromatic heterocycles. The molecular formula is C15H15F2N3O2. The number of benzene rings is 1. The van der Waals surface area contributed by atoms with E-state index in [0.29, 0.717) is 6.61 Å². The molecule has 0 spiro atoms. The van der Waals surface area contributed by atoms with E-state index in [1.54, 1.807) is 13.0 Å². The van der Waals surface area contributed by atoms with Crippen molar-refractivity contribution in [3.8, 4) is 5.75 Å². The van der Waals surface area contributed by atoms with Crippen LogP contribution in [0.2, 0.25) is 0 Å². The Bertz CT molecular complexity index is 720. The van der Waals surface area contributed by atoms with Gasteiger partial charge < -0.3 is 15.8 Å². The summed E-state index contributed by atoms with van der Waals surface area (Å²) in [6.45, 7) is 3.47. The van der Waals surface area contributed by atoms with Crippen molar-refractivity contribution in [2.24, 2.45) is 0 Å². The second-order valence-corrected chi connectivity index (χ2v) is 4.53. The Balaban J connectivity index is 2.30. The van der Waals surface area contributed by atoms with Crippen molar-refractivity contribution in [1.29, 1.82) is 0 Å². The number of hydrogen-bond acceptors (Lipinski definition) is 4. The van der Waals surface area contributed by atoms with Crippen LogP contribution in [0.25, 0.3) is 0 Å². The number of aromatic nitrogens is 1. The van der Waals surface area contributed by atoms with Crippen LogP contribution in [0.3, 0.4) is 0 Å². The Labute approximate surface area is 126 Å². The molecule has 0 unspecified atom stereocenters. The standard InChI is InChI=1S/C15H15F2N3O2/c1-3-22-11-6-4-5-10(12(11)16)19-15(21)9-7-8(2)13(17)20-14(9)18/h4-7H,3H2,1-2H3,(H2,18,20)(H,19,21). The number of aryl methyl sites for hydroxylation is 1. The molecule has 7 heteroatoms. The van der Waals surface area contributed by atoms with E-state index < -0.39 is 17.7 Å².